The third-order valence-corrected chi connectivity index (χ3v) is 4.75. The van der Waals surface area contributed by atoms with E-state index in [1.807, 2.05) is 42.5 Å². The van der Waals surface area contributed by atoms with E-state index < -0.39 is 10.1 Å². The lowest BCUT2D eigenvalue weighted by Gasteiger charge is -2.16. The van der Waals surface area contributed by atoms with Gasteiger partial charge >= 0.3 is 5.97 Å². The van der Waals surface area contributed by atoms with E-state index >= 15 is 0 Å². The summed E-state index contributed by atoms with van der Waals surface area (Å²) in [6, 6.07) is 16.8. The monoisotopic (exact) mass is 436 g/mol. The Labute approximate surface area is 178 Å². The van der Waals surface area contributed by atoms with E-state index in [2.05, 4.69) is 4.18 Å². The highest BCUT2D eigenvalue weighted by molar-refractivity contribution is 7.85. The average molecular weight is 437 g/mol. The van der Waals surface area contributed by atoms with Crippen LogP contribution in [-0.2, 0) is 30.3 Å². The summed E-state index contributed by atoms with van der Waals surface area (Å²) in [4.78, 5) is 12.3. The van der Waals surface area contributed by atoms with Gasteiger partial charge < -0.3 is 14.2 Å². The molecule has 0 N–H and O–H groups in total. The summed E-state index contributed by atoms with van der Waals surface area (Å²) in [5, 5.41) is 0. The van der Waals surface area contributed by atoms with Crippen LogP contribution in [0.1, 0.15) is 18.9 Å². The minimum absolute atomic E-state index is 0.0487. The zero-order valence-electron chi connectivity index (χ0n) is 17.3. The number of hydrogen-bond acceptors (Lipinski definition) is 7. The van der Waals surface area contributed by atoms with Crippen LogP contribution < -0.4 is 9.47 Å². The van der Waals surface area contributed by atoms with Gasteiger partial charge in [-0.2, -0.15) is 8.42 Å². The molecule has 0 amide bonds. The lowest BCUT2D eigenvalue weighted by Crippen LogP contribution is -2.22. The van der Waals surface area contributed by atoms with E-state index in [1.54, 1.807) is 19.1 Å². The molecule has 164 valence electrons. The molecular formula is C22H28O7S. The van der Waals surface area contributed by atoms with Crippen LogP contribution in [0.2, 0.25) is 0 Å². The number of ether oxygens (including phenoxy) is 3. The van der Waals surface area contributed by atoms with E-state index in [1.165, 1.54) is 0 Å². The fraction of sp³-hybridized carbons (Fsp3) is 0.409. The summed E-state index contributed by atoms with van der Waals surface area (Å²) in [5.41, 5.74) is 0.965. The van der Waals surface area contributed by atoms with E-state index in [-0.39, 0.29) is 25.1 Å². The van der Waals surface area contributed by atoms with Crippen LogP contribution in [0.15, 0.2) is 54.6 Å². The molecule has 0 bridgehead atoms. The molecule has 2 aromatic carbocycles. The molecule has 0 heterocycles. The van der Waals surface area contributed by atoms with Crippen molar-refractivity contribution in [2.45, 2.75) is 19.8 Å². The highest BCUT2D eigenvalue weighted by Crippen LogP contribution is 2.19. The third-order valence-electron chi connectivity index (χ3n) is 4.15. The first kappa shape index (κ1) is 23.7. The molecule has 0 aliphatic carbocycles. The Balaban J connectivity index is 1.86. The summed E-state index contributed by atoms with van der Waals surface area (Å²) in [7, 11) is -3.47. The summed E-state index contributed by atoms with van der Waals surface area (Å²) >= 11 is 0. The standard InChI is InChI=1S/C22H28O7S/c1-3-26-22(23)19(13-14-27-20-7-5-4-6-8-20)17-18-9-11-21(12-10-18)28-15-16-29-30(2,24)25/h4-12,19H,3,13-17H2,1-2H3. The number of para-hydroxylation sites is 1. The number of carbonyl (C=O) groups excluding carboxylic acids is 1. The highest BCUT2D eigenvalue weighted by Gasteiger charge is 2.20. The minimum Gasteiger partial charge on any atom is -0.494 e. The van der Waals surface area contributed by atoms with Crippen molar-refractivity contribution in [3.8, 4) is 11.5 Å². The van der Waals surface area contributed by atoms with Gasteiger partial charge in [0.05, 0.1) is 25.4 Å². The highest BCUT2D eigenvalue weighted by atomic mass is 32.2. The van der Waals surface area contributed by atoms with Crippen molar-refractivity contribution in [3.63, 3.8) is 0 Å². The van der Waals surface area contributed by atoms with Gasteiger partial charge in [-0.1, -0.05) is 30.3 Å². The molecule has 7 nitrogen and oxygen atoms in total. The quantitative estimate of drug-likeness (QED) is 0.271. The molecule has 0 saturated carbocycles. The second-order valence-electron chi connectivity index (χ2n) is 6.62. The van der Waals surface area contributed by atoms with Gasteiger partial charge in [0, 0.05) is 0 Å². The molecule has 30 heavy (non-hydrogen) atoms. The Morgan fingerprint density at radius 3 is 2.17 bits per heavy atom. The third kappa shape index (κ3) is 9.28. The van der Waals surface area contributed by atoms with Crippen molar-refractivity contribution in [1.29, 1.82) is 0 Å². The first-order valence-electron chi connectivity index (χ1n) is 9.78. The fourth-order valence-electron chi connectivity index (χ4n) is 2.75. The number of rotatable bonds is 13. The smallest absolute Gasteiger partial charge is 0.309 e. The van der Waals surface area contributed by atoms with Gasteiger partial charge in [-0.05, 0) is 49.6 Å². The van der Waals surface area contributed by atoms with Crippen molar-refractivity contribution in [1.82, 2.24) is 0 Å². The largest absolute Gasteiger partial charge is 0.494 e. The van der Waals surface area contributed by atoms with Crippen molar-refractivity contribution >= 4 is 16.1 Å². The lowest BCUT2D eigenvalue weighted by molar-refractivity contribution is -0.148. The van der Waals surface area contributed by atoms with Gasteiger partial charge in [-0.15, -0.1) is 0 Å². The predicted molar refractivity (Wildman–Crippen MR) is 113 cm³/mol. The first-order valence-corrected chi connectivity index (χ1v) is 11.6. The Bertz CT molecular complexity index is 864. The van der Waals surface area contributed by atoms with Crippen molar-refractivity contribution in [3.05, 3.63) is 60.2 Å². The zero-order chi connectivity index (χ0) is 21.8. The number of benzene rings is 2. The van der Waals surface area contributed by atoms with Gasteiger partial charge in [-0.25, -0.2) is 0 Å². The Morgan fingerprint density at radius 1 is 0.900 bits per heavy atom. The topological polar surface area (TPSA) is 88.1 Å². The molecule has 0 saturated heterocycles. The summed E-state index contributed by atoms with van der Waals surface area (Å²) in [6.07, 6.45) is 2.05. The van der Waals surface area contributed by atoms with Gasteiger partial charge in [0.2, 0.25) is 0 Å². The molecule has 0 aliphatic heterocycles. The predicted octanol–water partition coefficient (Wildman–Crippen LogP) is 3.23. The SMILES string of the molecule is CCOC(=O)C(CCOc1ccccc1)Cc1ccc(OCCOS(C)(=O)=O)cc1. The molecule has 1 unspecified atom stereocenters. The Kier molecular flexibility index (Phi) is 9.63. The van der Waals surface area contributed by atoms with Crippen LogP contribution in [0.25, 0.3) is 0 Å². The molecule has 0 aromatic heterocycles. The number of esters is 1. The molecule has 0 fully saturated rings. The minimum atomic E-state index is -3.47. The lowest BCUT2D eigenvalue weighted by atomic mass is 9.96. The van der Waals surface area contributed by atoms with Gasteiger partial charge in [0.15, 0.2) is 0 Å². The number of carbonyl (C=O) groups is 1. The molecule has 2 rings (SSSR count). The fourth-order valence-corrected chi connectivity index (χ4v) is 3.12. The normalized spacial score (nSPS) is 12.2. The van der Waals surface area contributed by atoms with E-state index in [0.29, 0.717) is 31.8 Å². The maximum Gasteiger partial charge on any atom is 0.309 e. The van der Waals surface area contributed by atoms with Gasteiger partial charge in [-0.3, -0.25) is 8.98 Å². The second kappa shape index (κ2) is 12.2. The molecule has 0 radical (unpaired) electrons. The van der Waals surface area contributed by atoms with Crippen LogP contribution >= 0.6 is 0 Å². The zero-order valence-corrected chi connectivity index (χ0v) is 18.1. The van der Waals surface area contributed by atoms with Gasteiger partial charge in [0.25, 0.3) is 10.1 Å². The van der Waals surface area contributed by atoms with Crippen molar-refractivity contribution in [2.24, 2.45) is 5.92 Å². The van der Waals surface area contributed by atoms with Crippen molar-refractivity contribution in [2.75, 3.05) is 32.7 Å². The van der Waals surface area contributed by atoms with Gasteiger partial charge in [0.1, 0.15) is 24.7 Å². The van der Waals surface area contributed by atoms with Crippen LogP contribution in [-0.4, -0.2) is 47.1 Å². The Hall–Kier alpha value is -2.58. The summed E-state index contributed by atoms with van der Waals surface area (Å²) in [6.45, 7) is 2.60. The summed E-state index contributed by atoms with van der Waals surface area (Å²) in [5.74, 6) is 0.799. The van der Waals surface area contributed by atoms with Crippen LogP contribution in [0, 0.1) is 5.92 Å². The van der Waals surface area contributed by atoms with E-state index in [4.69, 9.17) is 14.2 Å². The maximum atomic E-state index is 12.3. The molecule has 8 heteroatoms. The Morgan fingerprint density at radius 2 is 1.53 bits per heavy atom. The molecule has 2 aromatic rings. The van der Waals surface area contributed by atoms with Crippen molar-refractivity contribution < 1.29 is 31.6 Å². The van der Waals surface area contributed by atoms with Crippen LogP contribution in [0.5, 0.6) is 11.5 Å². The summed E-state index contributed by atoms with van der Waals surface area (Å²) < 4.78 is 42.9. The average Bonchev–Trinajstić information content (AvgIpc) is 2.72. The van der Waals surface area contributed by atoms with E-state index in [0.717, 1.165) is 17.6 Å². The second-order valence-corrected chi connectivity index (χ2v) is 8.27. The van der Waals surface area contributed by atoms with Crippen LogP contribution in [0.4, 0.5) is 0 Å². The molecular weight excluding hydrogens is 408 g/mol. The first-order chi connectivity index (χ1) is 14.4. The number of hydrogen-bond donors (Lipinski definition) is 0. The van der Waals surface area contributed by atoms with E-state index in [9.17, 15) is 13.2 Å². The van der Waals surface area contributed by atoms with Crippen LogP contribution in [0.3, 0.4) is 0 Å². The maximum absolute atomic E-state index is 12.3. The molecule has 0 aliphatic rings. The molecule has 1 atom stereocenters. The molecule has 0 spiro atoms.